The van der Waals surface area contributed by atoms with Gasteiger partial charge >= 0.3 is 0 Å². The molecule has 3 aromatic rings. The molecule has 1 aromatic carbocycles. The number of benzene rings is 1. The Bertz CT molecular complexity index is 740. The average molecular weight is 289 g/mol. The van der Waals surface area contributed by atoms with Gasteiger partial charge in [0.2, 0.25) is 0 Å². The van der Waals surface area contributed by atoms with Gasteiger partial charge in [-0.3, -0.25) is 14.8 Å². The van der Waals surface area contributed by atoms with E-state index in [0.29, 0.717) is 12.1 Å². The van der Waals surface area contributed by atoms with Crippen LogP contribution < -0.4 is 5.32 Å². The fourth-order valence-electron chi connectivity index (χ4n) is 2.09. The molecule has 0 bridgehead atoms. The molecule has 1 N–H and O–H groups in total. The van der Waals surface area contributed by atoms with Crippen molar-refractivity contribution >= 4 is 5.91 Å². The molecule has 0 aliphatic rings. The molecule has 0 spiro atoms. The Labute approximate surface area is 128 Å². The standard InChI is InChI=1S/C18H15N3O/c22-18(15-5-2-1-3-6-15)21-12-14-8-9-17(20-11-14)16-7-4-10-19-13-16/h1-11,13H,12H2,(H,21,22). The Balaban J connectivity index is 1.63. The van der Waals surface area contributed by atoms with Crippen LogP contribution in [0.25, 0.3) is 11.3 Å². The van der Waals surface area contributed by atoms with Gasteiger partial charge in [-0.15, -0.1) is 0 Å². The largest absolute Gasteiger partial charge is 0.348 e. The minimum Gasteiger partial charge on any atom is -0.348 e. The molecule has 0 aliphatic heterocycles. The first-order chi connectivity index (χ1) is 10.8. The summed E-state index contributed by atoms with van der Waals surface area (Å²) in [7, 11) is 0. The normalized spacial score (nSPS) is 10.2. The van der Waals surface area contributed by atoms with Gasteiger partial charge < -0.3 is 5.32 Å². The molecule has 108 valence electrons. The number of amides is 1. The van der Waals surface area contributed by atoms with Gasteiger partial charge in [0.25, 0.3) is 5.91 Å². The predicted octanol–water partition coefficient (Wildman–Crippen LogP) is 3.07. The van der Waals surface area contributed by atoms with Crippen LogP contribution in [0.2, 0.25) is 0 Å². The van der Waals surface area contributed by atoms with E-state index >= 15 is 0 Å². The zero-order chi connectivity index (χ0) is 15.2. The molecule has 0 atom stereocenters. The first-order valence-corrected chi connectivity index (χ1v) is 7.01. The Hall–Kier alpha value is -3.01. The van der Waals surface area contributed by atoms with Gasteiger partial charge in [-0.05, 0) is 35.9 Å². The van der Waals surface area contributed by atoms with Crippen molar-refractivity contribution in [2.24, 2.45) is 0 Å². The summed E-state index contributed by atoms with van der Waals surface area (Å²) in [6.07, 6.45) is 5.28. The summed E-state index contributed by atoms with van der Waals surface area (Å²) in [6, 6.07) is 16.9. The third-order valence-corrected chi connectivity index (χ3v) is 3.27. The molecule has 2 aromatic heterocycles. The highest BCUT2D eigenvalue weighted by Crippen LogP contribution is 2.15. The summed E-state index contributed by atoms with van der Waals surface area (Å²) in [5, 5.41) is 2.88. The summed E-state index contributed by atoms with van der Waals surface area (Å²) >= 11 is 0. The number of carbonyl (C=O) groups excluding carboxylic acids is 1. The van der Waals surface area contributed by atoms with Crippen LogP contribution in [0.5, 0.6) is 0 Å². The van der Waals surface area contributed by atoms with Gasteiger partial charge in [-0.2, -0.15) is 0 Å². The van der Waals surface area contributed by atoms with Crippen LogP contribution in [0.15, 0.2) is 73.2 Å². The molecule has 0 fully saturated rings. The second kappa shape index (κ2) is 6.63. The van der Waals surface area contributed by atoms with E-state index in [1.54, 1.807) is 30.7 Å². The number of nitrogens with zero attached hydrogens (tertiary/aromatic N) is 2. The zero-order valence-corrected chi connectivity index (χ0v) is 11.9. The maximum absolute atomic E-state index is 12.0. The molecule has 4 nitrogen and oxygen atoms in total. The van der Waals surface area contributed by atoms with Crippen LogP contribution >= 0.6 is 0 Å². The number of rotatable bonds is 4. The molecule has 0 unspecified atom stereocenters. The van der Waals surface area contributed by atoms with E-state index in [1.165, 1.54) is 0 Å². The van der Waals surface area contributed by atoms with Crippen molar-refractivity contribution in [1.82, 2.24) is 15.3 Å². The van der Waals surface area contributed by atoms with E-state index in [2.05, 4.69) is 15.3 Å². The fraction of sp³-hybridized carbons (Fsp3) is 0.0556. The average Bonchev–Trinajstić information content (AvgIpc) is 2.61. The van der Waals surface area contributed by atoms with E-state index in [-0.39, 0.29) is 5.91 Å². The minimum absolute atomic E-state index is 0.0862. The van der Waals surface area contributed by atoms with Crippen molar-refractivity contribution in [2.75, 3.05) is 0 Å². The van der Waals surface area contributed by atoms with Gasteiger partial charge in [0.15, 0.2) is 0 Å². The number of pyridine rings is 2. The van der Waals surface area contributed by atoms with Crippen LogP contribution in [0.4, 0.5) is 0 Å². The smallest absolute Gasteiger partial charge is 0.251 e. The predicted molar refractivity (Wildman–Crippen MR) is 85.1 cm³/mol. The first kappa shape index (κ1) is 13.9. The van der Waals surface area contributed by atoms with Crippen LogP contribution in [0.1, 0.15) is 15.9 Å². The molecule has 0 saturated carbocycles. The Morgan fingerprint density at radius 2 is 1.82 bits per heavy atom. The van der Waals surface area contributed by atoms with E-state index in [9.17, 15) is 4.79 Å². The lowest BCUT2D eigenvalue weighted by atomic mass is 10.1. The Kier molecular flexibility index (Phi) is 4.20. The van der Waals surface area contributed by atoms with Crippen molar-refractivity contribution in [3.63, 3.8) is 0 Å². The van der Waals surface area contributed by atoms with Crippen molar-refractivity contribution in [3.05, 3.63) is 84.3 Å². The van der Waals surface area contributed by atoms with E-state index in [4.69, 9.17) is 0 Å². The number of hydrogen-bond donors (Lipinski definition) is 1. The summed E-state index contributed by atoms with van der Waals surface area (Å²) in [5.41, 5.74) is 3.45. The third-order valence-electron chi connectivity index (χ3n) is 3.27. The number of carbonyl (C=O) groups is 1. The van der Waals surface area contributed by atoms with Crippen LogP contribution in [0.3, 0.4) is 0 Å². The van der Waals surface area contributed by atoms with Gasteiger partial charge in [-0.25, -0.2) is 0 Å². The highest BCUT2D eigenvalue weighted by molar-refractivity contribution is 5.94. The molecule has 3 rings (SSSR count). The van der Waals surface area contributed by atoms with E-state index in [1.807, 2.05) is 42.5 Å². The molecule has 0 aliphatic carbocycles. The molecule has 2 heterocycles. The maximum atomic E-state index is 12.0. The first-order valence-electron chi connectivity index (χ1n) is 7.01. The summed E-state index contributed by atoms with van der Waals surface area (Å²) in [5.74, 6) is -0.0862. The maximum Gasteiger partial charge on any atom is 0.251 e. The van der Waals surface area contributed by atoms with Crippen molar-refractivity contribution in [2.45, 2.75) is 6.54 Å². The van der Waals surface area contributed by atoms with Crippen molar-refractivity contribution < 1.29 is 4.79 Å². The van der Waals surface area contributed by atoms with Crippen molar-refractivity contribution in [3.8, 4) is 11.3 Å². The summed E-state index contributed by atoms with van der Waals surface area (Å²) < 4.78 is 0. The lowest BCUT2D eigenvalue weighted by Gasteiger charge is -2.06. The molecule has 1 amide bonds. The van der Waals surface area contributed by atoms with Crippen LogP contribution in [0, 0.1) is 0 Å². The number of aromatic nitrogens is 2. The summed E-state index contributed by atoms with van der Waals surface area (Å²) in [6.45, 7) is 0.452. The Morgan fingerprint density at radius 1 is 0.955 bits per heavy atom. The molecular formula is C18H15N3O. The lowest BCUT2D eigenvalue weighted by Crippen LogP contribution is -2.22. The number of hydrogen-bond acceptors (Lipinski definition) is 3. The second-order valence-electron chi connectivity index (χ2n) is 4.84. The quantitative estimate of drug-likeness (QED) is 0.803. The van der Waals surface area contributed by atoms with Crippen molar-refractivity contribution in [1.29, 1.82) is 0 Å². The van der Waals surface area contributed by atoms with Crippen LogP contribution in [-0.2, 0) is 6.54 Å². The highest BCUT2D eigenvalue weighted by atomic mass is 16.1. The number of nitrogens with one attached hydrogen (secondary N) is 1. The zero-order valence-electron chi connectivity index (χ0n) is 11.9. The molecular weight excluding hydrogens is 274 g/mol. The minimum atomic E-state index is -0.0862. The Morgan fingerprint density at radius 3 is 2.50 bits per heavy atom. The van der Waals surface area contributed by atoms with E-state index < -0.39 is 0 Å². The highest BCUT2D eigenvalue weighted by Gasteiger charge is 2.04. The monoisotopic (exact) mass is 289 g/mol. The van der Waals surface area contributed by atoms with Gasteiger partial charge in [-0.1, -0.05) is 24.3 Å². The summed E-state index contributed by atoms with van der Waals surface area (Å²) in [4.78, 5) is 20.5. The second-order valence-corrected chi connectivity index (χ2v) is 4.84. The molecule has 0 saturated heterocycles. The molecule has 22 heavy (non-hydrogen) atoms. The lowest BCUT2D eigenvalue weighted by molar-refractivity contribution is 0.0951. The van der Waals surface area contributed by atoms with E-state index in [0.717, 1.165) is 16.8 Å². The third kappa shape index (κ3) is 3.35. The van der Waals surface area contributed by atoms with Gasteiger partial charge in [0.1, 0.15) is 0 Å². The van der Waals surface area contributed by atoms with Gasteiger partial charge in [0.05, 0.1) is 5.69 Å². The molecule has 0 radical (unpaired) electrons. The van der Waals surface area contributed by atoms with Crippen LogP contribution in [-0.4, -0.2) is 15.9 Å². The SMILES string of the molecule is O=C(NCc1ccc(-c2cccnc2)nc1)c1ccccc1. The topological polar surface area (TPSA) is 54.9 Å². The fourth-order valence-corrected chi connectivity index (χ4v) is 2.09. The van der Waals surface area contributed by atoms with Gasteiger partial charge in [0, 0.05) is 36.3 Å². The molecule has 4 heteroatoms.